The van der Waals surface area contributed by atoms with E-state index in [0.29, 0.717) is 48.7 Å². The van der Waals surface area contributed by atoms with Crippen molar-refractivity contribution in [3.05, 3.63) is 65.6 Å². The minimum Gasteiger partial charge on any atom is -0.462 e. The maximum atomic E-state index is 15.8. The van der Waals surface area contributed by atoms with Crippen LogP contribution in [0.4, 0.5) is 10.2 Å². The van der Waals surface area contributed by atoms with E-state index in [1.54, 1.807) is 16.2 Å². The van der Waals surface area contributed by atoms with Crippen molar-refractivity contribution in [2.45, 2.75) is 24.9 Å². The Morgan fingerprint density at radius 3 is 2.88 bits per heavy atom. The molecule has 2 aliphatic rings. The number of ether oxygens (including phenoxy) is 1. The summed E-state index contributed by atoms with van der Waals surface area (Å²) in [6.45, 7) is 13.8. The molecule has 0 unspecified atom stereocenters. The number of benzene rings is 1. The molecule has 2 saturated heterocycles. The highest BCUT2D eigenvalue weighted by Gasteiger charge is 2.33. The lowest BCUT2D eigenvalue weighted by atomic mass is 10.1. The van der Waals surface area contributed by atoms with Gasteiger partial charge >= 0.3 is 6.01 Å². The van der Waals surface area contributed by atoms with E-state index < -0.39 is 5.82 Å². The van der Waals surface area contributed by atoms with Gasteiger partial charge in [0.2, 0.25) is 12.5 Å². The smallest absolute Gasteiger partial charge is 0.320 e. The van der Waals surface area contributed by atoms with Crippen LogP contribution in [0.3, 0.4) is 0 Å². The van der Waals surface area contributed by atoms with Crippen molar-refractivity contribution in [3.63, 3.8) is 0 Å². The Hall–Kier alpha value is -4.14. The molecular weight excluding hydrogens is 541 g/mol. The van der Waals surface area contributed by atoms with Crippen LogP contribution in [0.1, 0.15) is 12.8 Å². The molecule has 0 saturated carbocycles. The van der Waals surface area contributed by atoms with Crippen LogP contribution in [-0.2, 0) is 4.79 Å². The maximum Gasteiger partial charge on any atom is 0.320 e. The summed E-state index contributed by atoms with van der Waals surface area (Å²) >= 11 is 1.59. The summed E-state index contributed by atoms with van der Waals surface area (Å²) in [5.74, 6) is -0.201. The lowest BCUT2D eigenvalue weighted by Gasteiger charge is -2.39. The molecule has 41 heavy (non-hydrogen) atoms. The van der Waals surface area contributed by atoms with E-state index >= 15 is 4.39 Å². The van der Waals surface area contributed by atoms with Crippen molar-refractivity contribution in [3.8, 4) is 17.3 Å². The number of likely N-dealkylation sites (tertiary alicyclic amines) is 1. The third kappa shape index (κ3) is 5.21. The number of halogens is 1. The first-order valence-electron chi connectivity index (χ1n) is 13.7. The number of carbonyl (C=O) groups is 1. The third-order valence-electron chi connectivity index (χ3n) is 7.97. The second kappa shape index (κ2) is 11.4. The van der Waals surface area contributed by atoms with Gasteiger partial charge in [-0.1, -0.05) is 18.7 Å². The molecule has 6 rings (SSSR count). The molecule has 5 heterocycles. The lowest BCUT2D eigenvalue weighted by Crippen LogP contribution is -2.56. The fraction of sp³-hybridized carbons (Fsp3) is 0.367. The van der Waals surface area contributed by atoms with E-state index in [2.05, 4.69) is 28.4 Å². The van der Waals surface area contributed by atoms with Gasteiger partial charge in [-0.3, -0.25) is 4.79 Å². The van der Waals surface area contributed by atoms with Gasteiger partial charge in [0.05, 0.1) is 5.39 Å². The van der Waals surface area contributed by atoms with Gasteiger partial charge in [-0.05, 0) is 56.1 Å². The van der Waals surface area contributed by atoms with E-state index in [1.807, 2.05) is 34.5 Å². The molecule has 1 amide bonds. The molecular formula is C30H30FN7O2S. The zero-order valence-corrected chi connectivity index (χ0v) is 23.6. The Morgan fingerprint density at radius 1 is 1.22 bits per heavy atom. The van der Waals surface area contributed by atoms with E-state index in [-0.39, 0.29) is 36.2 Å². The molecule has 2 atom stereocenters. The highest BCUT2D eigenvalue weighted by molar-refractivity contribution is 7.17. The molecule has 210 valence electrons. The van der Waals surface area contributed by atoms with Crippen molar-refractivity contribution in [1.82, 2.24) is 24.8 Å². The minimum absolute atomic E-state index is 0.137. The number of aromatic nitrogens is 3. The van der Waals surface area contributed by atoms with Crippen LogP contribution in [0.5, 0.6) is 6.01 Å². The highest BCUT2D eigenvalue weighted by atomic mass is 32.1. The minimum atomic E-state index is -0.472. The molecule has 9 nitrogen and oxygen atoms in total. The molecule has 3 aromatic heterocycles. The Bertz CT molecular complexity index is 1670. The Kier molecular flexibility index (Phi) is 7.51. The first-order chi connectivity index (χ1) is 20.0. The fourth-order valence-electron chi connectivity index (χ4n) is 5.77. The number of pyridine rings is 1. The Morgan fingerprint density at radius 2 is 2.10 bits per heavy atom. The lowest BCUT2D eigenvalue weighted by molar-refractivity contribution is -0.128. The largest absolute Gasteiger partial charge is 0.462 e. The van der Waals surface area contributed by atoms with E-state index in [4.69, 9.17) is 21.3 Å². The number of likely N-dealkylation sites (N-methyl/N-ethyl adjacent to an activating group) is 1. The summed E-state index contributed by atoms with van der Waals surface area (Å²) in [5.41, 5.74) is 1.26. The van der Waals surface area contributed by atoms with E-state index in [1.165, 1.54) is 12.1 Å². The Balaban J connectivity index is 1.43. The van der Waals surface area contributed by atoms with Crippen LogP contribution in [0.15, 0.2) is 48.4 Å². The monoisotopic (exact) mass is 571 g/mol. The topological polar surface area (TPSA) is 79.1 Å². The summed E-state index contributed by atoms with van der Waals surface area (Å²) in [4.78, 5) is 36.0. The quantitative estimate of drug-likeness (QED) is 0.236. The van der Waals surface area contributed by atoms with Gasteiger partial charge in [-0.15, -0.1) is 11.3 Å². The number of hydrogen-bond donors (Lipinski definition) is 0. The molecule has 0 spiro atoms. The fourth-order valence-corrected chi connectivity index (χ4v) is 6.58. The van der Waals surface area contributed by atoms with Gasteiger partial charge in [0.25, 0.3) is 0 Å². The summed E-state index contributed by atoms with van der Waals surface area (Å²) < 4.78 is 23.0. The van der Waals surface area contributed by atoms with Gasteiger partial charge in [0, 0.05) is 41.3 Å². The van der Waals surface area contributed by atoms with Crippen LogP contribution < -0.4 is 9.64 Å². The van der Waals surface area contributed by atoms with Crippen LogP contribution in [0.2, 0.25) is 0 Å². The van der Waals surface area contributed by atoms with E-state index in [0.717, 1.165) is 29.5 Å². The number of fused-ring (bicyclic) bond motifs is 2. The van der Waals surface area contributed by atoms with Crippen LogP contribution >= 0.6 is 11.3 Å². The number of hydrogen-bond acceptors (Lipinski definition) is 8. The average Bonchev–Trinajstić information content (AvgIpc) is 3.64. The number of piperazine rings is 1. The van der Waals surface area contributed by atoms with Crippen molar-refractivity contribution in [2.75, 3.05) is 51.3 Å². The standard InChI is InChI=1S/C30H30FN7O2S/c1-4-26(39)38-13-12-37(17-20(38)16-32-2)29-23-15-24(31)27(22-8-5-9-25-21(22)10-14-41-25)33-28(23)34-30(35-29)40-18-19-7-6-11-36(19)3/h4-5,8-10,14-15,19-20H,1,6-7,11-13,16-18H2,3H3/t19-,20-/m0/s1. The van der Waals surface area contributed by atoms with Crippen molar-refractivity contribution in [1.29, 1.82) is 0 Å². The van der Waals surface area contributed by atoms with Gasteiger partial charge in [0.1, 0.15) is 30.0 Å². The predicted octanol–water partition coefficient (Wildman–Crippen LogP) is 4.64. The molecule has 0 radical (unpaired) electrons. The van der Waals surface area contributed by atoms with Crippen molar-refractivity contribution >= 4 is 44.2 Å². The molecule has 0 bridgehead atoms. The van der Waals surface area contributed by atoms with Crippen molar-refractivity contribution < 1.29 is 13.9 Å². The highest BCUT2D eigenvalue weighted by Crippen LogP contribution is 2.35. The third-order valence-corrected chi connectivity index (χ3v) is 8.85. The van der Waals surface area contributed by atoms with Gasteiger partial charge < -0.3 is 24.3 Å². The number of carbonyl (C=O) groups excluding carboxylic acids is 1. The number of amides is 1. The SMILES string of the molecule is [C-]#[N+]C[C@H]1CN(c2nc(OC[C@@H]3CCCN3C)nc3nc(-c4cccc5sccc45)c(F)cc23)CCN1C(=O)C=C. The van der Waals surface area contributed by atoms with Gasteiger partial charge in [-0.25, -0.2) is 15.9 Å². The number of nitrogens with zero attached hydrogens (tertiary/aromatic N) is 7. The van der Waals surface area contributed by atoms with Crippen LogP contribution in [0, 0.1) is 12.4 Å². The average molecular weight is 572 g/mol. The molecule has 2 aliphatic heterocycles. The number of anilines is 1. The van der Waals surface area contributed by atoms with Crippen LogP contribution in [-0.4, -0.2) is 89.1 Å². The number of rotatable bonds is 7. The first kappa shape index (κ1) is 27.1. The summed E-state index contributed by atoms with van der Waals surface area (Å²) in [6.07, 6.45) is 3.42. The predicted molar refractivity (Wildman–Crippen MR) is 159 cm³/mol. The summed E-state index contributed by atoms with van der Waals surface area (Å²) in [7, 11) is 2.08. The molecule has 0 aliphatic carbocycles. The molecule has 0 N–H and O–H groups in total. The zero-order chi connectivity index (χ0) is 28.5. The van der Waals surface area contributed by atoms with Crippen LogP contribution in [0.25, 0.3) is 37.2 Å². The van der Waals surface area contributed by atoms with Gasteiger partial charge in [-0.2, -0.15) is 9.97 Å². The second-order valence-electron chi connectivity index (χ2n) is 10.4. The molecule has 4 aromatic rings. The molecule has 11 heteroatoms. The normalized spacial score (nSPS) is 19.5. The van der Waals surface area contributed by atoms with Gasteiger partial charge in [0.15, 0.2) is 5.65 Å². The second-order valence-corrected chi connectivity index (χ2v) is 11.4. The zero-order valence-electron chi connectivity index (χ0n) is 22.8. The Labute approximate surface area is 241 Å². The van der Waals surface area contributed by atoms with E-state index in [9.17, 15) is 4.79 Å². The number of thiophene rings is 1. The van der Waals surface area contributed by atoms with Crippen molar-refractivity contribution in [2.24, 2.45) is 0 Å². The maximum absolute atomic E-state index is 15.8. The summed E-state index contributed by atoms with van der Waals surface area (Å²) in [5, 5.41) is 3.37. The molecule has 2 fully saturated rings. The summed E-state index contributed by atoms with van der Waals surface area (Å²) in [6, 6.07) is 9.27. The first-order valence-corrected chi connectivity index (χ1v) is 14.5. The molecule has 1 aromatic carbocycles.